The molecule has 5 nitrogen and oxygen atoms in total. The average Bonchev–Trinajstić information content (AvgIpc) is 2.88. The van der Waals surface area contributed by atoms with E-state index >= 15 is 0 Å². The van der Waals surface area contributed by atoms with Gasteiger partial charge < -0.3 is 19.9 Å². The van der Waals surface area contributed by atoms with E-state index in [-0.39, 0.29) is 17.9 Å². The predicted octanol–water partition coefficient (Wildman–Crippen LogP) is 2.38. The van der Waals surface area contributed by atoms with E-state index in [0.717, 1.165) is 17.4 Å². The van der Waals surface area contributed by atoms with Crippen molar-refractivity contribution in [3.8, 4) is 0 Å². The summed E-state index contributed by atoms with van der Waals surface area (Å²) in [4.78, 5) is 10.9. The molecule has 1 unspecified atom stereocenters. The fourth-order valence-electron chi connectivity index (χ4n) is 1.92. The number of fused-ring (bicyclic) bond motifs is 1. The van der Waals surface area contributed by atoms with Gasteiger partial charge in [0.1, 0.15) is 5.58 Å². The van der Waals surface area contributed by atoms with Crippen molar-refractivity contribution >= 4 is 16.9 Å². The second-order valence-electron chi connectivity index (χ2n) is 5.21. The van der Waals surface area contributed by atoms with E-state index in [1.807, 2.05) is 26.0 Å². The van der Waals surface area contributed by atoms with Gasteiger partial charge in [-0.15, -0.1) is 0 Å². The number of carboxylic acids is 1. The number of aromatic carboxylic acids is 1. The fourth-order valence-corrected chi connectivity index (χ4v) is 1.92. The van der Waals surface area contributed by atoms with Crippen LogP contribution in [0.4, 0.5) is 0 Å². The number of carboxylic acid groups (broad SMARTS) is 1. The molecule has 0 saturated carbocycles. The number of aliphatic hydroxyl groups excluding tert-OH is 1. The fraction of sp³-hybridized carbons (Fsp3) is 0.400. The van der Waals surface area contributed by atoms with Crippen molar-refractivity contribution in [2.75, 3.05) is 6.61 Å². The minimum atomic E-state index is -1.07. The summed E-state index contributed by atoms with van der Waals surface area (Å²) in [6.07, 6.45) is 0.820. The van der Waals surface area contributed by atoms with Crippen molar-refractivity contribution in [1.29, 1.82) is 0 Å². The first kappa shape index (κ1) is 14.6. The Bertz CT molecular complexity index is 613. The van der Waals surface area contributed by atoms with Gasteiger partial charge in [0, 0.05) is 17.5 Å². The number of furan rings is 1. The Morgan fingerprint density at radius 1 is 1.40 bits per heavy atom. The van der Waals surface area contributed by atoms with E-state index < -0.39 is 5.97 Å². The quantitative estimate of drug-likeness (QED) is 0.755. The largest absolute Gasteiger partial charge is 0.475 e. The van der Waals surface area contributed by atoms with Crippen molar-refractivity contribution in [3.63, 3.8) is 0 Å². The van der Waals surface area contributed by atoms with E-state index in [1.54, 1.807) is 6.07 Å². The Balaban J connectivity index is 2.17. The molecule has 0 aliphatic rings. The van der Waals surface area contributed by atoms with E-state index in [4.69, 9.17) is 9.52 Å². The molecule has 5 heteroatoms. The number of aliphatic hydroxyl groups is 1. The highest BCUT2D eigenvalue weighted by Crippen LogP contribution is 2.21. The van der Waals surface area contributed by atoms with Crippen molar-refractivity contribution < 1.29 is 19.4 Å². The molecular formula is C15H19NO4. The second kappa shape index (κ2) is 5.64. The zero-order valence-electron chi connectivity index (χ0n) is 11.6. The molecular weight excluding hydrogens is 258 g/mol. The van der Waals surface area contributed by atoms with Crippen molar-refractivity contribution in [2.45, 2.75) is 32.4 Å². The maximum Gasteiger partial charge on any atom is 0.371 e. The molecule has 1 aromatic carbocycles. The molecule has 0 aliphatic carbocycles. The van der Waals surface area contributed by atoms with E-state index in [2.05, 4.69) is 5.32 Å². The van der Waals surface area contributed by atoms with E-state index in [9.17, 15) is 9.90 Å². The Morgan fingerprint density at radius 3 is 2.75 bits per heavy atom. The van der Waals surface area contributed by atoms with Gasteiger partial charge in [-0.25, -0.2) is 4.79 Å². The third-order valence-corrected chi connectivity index (χ3v) is 3.64. The van der Waals surface area contributed by atoms with Crippen molar-refractivity contribution in [1.82, 2.24) is 5.32 Å². The molecule has 20 heavy (non-hydrogen) atoms. The van der Waals surface area contributed by atoms with Gasteiger partial charge in [-0.05, 0) is 37.1 Å². The van der Waals surface area contributed by atoms with E-state index in [0.29, 0.717) is 12.1 Å². The summed E-state index contributed by atoms with van der Waals surface area (Å²) in [5.74, 6) is -1.13. The molecule has 0 aliphatic heterocycles. The molecule has 2 rings (SSSR count). The molecule has 0 saturated heterocycles. The summed E-state index contributed by atoms with van der Waals surface area (Å²) >= 11 is 0. The van der Waals surface area contributed by atoms with Crippen LogP contribution in [0.3, 0.4) is 0 Å². The topological polar surface area (TPSA) is 82.7 Å². The lowest BCUT2D eigenvalue weighted by molar-refractivity contribution is 0.0665. The summed E-state index contributed by atoms with van der Waals surface area (Å²) < 4.78 is 5.21. The Hall–Kier alpha value is -1.85. The van der Waals surface area contributed by atoms with Gasteiger partial charge in [-0.2, -0.15) is 0 Å². The molecule has 0 fully saturated rings. The summed E-state index contributed by atoms with van der Waals surface area (Å²) in [6, 6.07) is 7.07. The number of benzene rings is 1. The van der Waals surface area contributed by atoms with Crippen LogP contribution < -0.4 is 5.32 Å². The number of rotatable bonds is 6. The lowest BCUT2D eigenvalue weighted by Crippen LogP contribution is -2.44. The van der Waals surface area contributed by atoms with Gasteiger partial charge in [0.25, 0.3) is 0 Å². The zero-order chi connectivity index (χ0) is 14.8. The van der Waals surface area contributed by atoms with Crippen LogP contribution in [-0.4, -0.2) is 28.3 Å². The number of carbonyl (C=O) groups is 1. The Labute approximate surface area is 117 Å². The van der Waals surface area contributed by atoms with Gasteiger partial charge >= 0.3 is 5.97 Å². The number of nitrogens with one attached hydrogen (secondary N) is 1. The molecule has 2 aromatic rings. The average molecular weight is 277 g/mol. The minimum Gasteiger partial charge on any atom is -0.475 e. The minimum absolute atomic E-state index is 0.0566. The van der Waals surface area contributed by atoms with E-state index in [1.165, 1.54) is 6.07 Å². The van der Waals surface area contributed by atoms with Gasteiger partial charge in [-0.1, -0.05) is 13.0 Å². The summed E-state index contributed by atoms with van der Waals surface area (Å²) in [5.41, 5.74) is 1.27. The first-order chi connectivity index (χ1) is 9.47. The molecule has 0 bridgehead atoms. The Kier molecular flexibility index (Phi) is 4.11. The standard InChI is InChI=1S/C15H19NO4/c1-3-15(2,9-17)16-8-10-4-5-12-11(6-10)7-13(20-12)14(18)19/h4-7,16-17H,3,8-9H2,1-2H3,(H,18,19). The smallest absolute Gasteiger partial charge is 0.371 e. The SMILES string of the molecule is CCC(C)(CO)NCc1ccc2oc(C(=O)O)cc2c1. The van der Waals surface area contributed by atoms with Crippen LogP contribution in [0.5, 0.6) is 0 Å². The highest BCUT2D eigenvalue weighted by atomic mass is 16.4. The normalized spacial score (nSPS) is 14.3. The second-order valence-corrected chi connectivity index (χ2v) is 5.21. The Morgan fingerprint density at radius 2 is 2.15 bits per heavy atom. The first-order valence-corrected chi connectivity index (χ1v) is 6.59. The lowest BCUT2D eigenvalue weighted by atomic mass is 10.00. The van der Waals surface area contributed by atoms with Gasteiger partial charge in [0.15, 0.2) is 0 Å². The molecule has 3 N–H and O–H groups in total. The molecule has 1 aromatic heterocycles. The summed E-state index contributed by atoms with van der Waals surface area (Å²) in [7, 11) is 0. The predicted molar refractivity (Wildman–Crippen MR) is 75.8 cm³/mol. The molecule has 1 atom stereocenters. The zero-order valence-corrected chi connectivity index (χ0v) is 11.6. The van der Waals surface area contributed by atoms with Gasteiger partial charge in [-0.3, -0.25) is 0 Å². The third-order valence-electron chi connectivity index (χ3n) is 3.64. The summed E-state index contributed by atoms with van der Waals surface area (Å²) in [5, 5.41) is 22.3. The highest BCUT2D eigenvalue weighted by molar-refractivity contribution is 5.91. The maximum absolute atomic E-state index is 10.9. The van der Waals surface area contributed by atoms with Gasteiger partial charge in [0.2, 0.25) is 5.76 Å². The van der Waals surface area contributed by atoms with Crippen LogP contribution in [-0.2, 0) is 6.54 Å². The van der Waals surface area contributed by atoms with Crippen LogP contribution in [0.15, 0.2) is 28.7 Å². The van der Waals surface area contributed by atoms with Crippen molar-refractivity contribution in [2.24, 2.45) is 0 Å². The first-order valence-electron chi connectivity index (χ1n) is 6.59. The van der Waals surface area contributed by atoms with Crippen LogP contribution >= 0.6 is 0 Å². The molecule has 108 valence electrons. The van der Waals surface area contributed by atoms with Crippen LogP contribution in [0.2, 0.25) is 0 Å². The van der Waals surface area contributed by atoms with Gasteiger partial charge in [0.05, 0.1) is 6.61 Å². The van der Waals surface area contributed by atoms with Crippen LogP contribution in [0.25, 0.3) is 11.0 Å². The lowest BCUT2D eigenvalue weighted by Gasteiger charge is -2.27. The third kappa shape index (κ3) is 3.00. The molecule has 1 heterocycles. The molecule has 0 radical (unpaired) electrons. The number of hydrogen-bond acceptors (Lipinski definition) is 4. The molecule has 0 spiro atoms. The highest BCUT2D eigenvalue weighted by Gasteiger charge is 2.19. The molecule has 0 amide bonds. The maximum atomic E-state index is 10.9. The van der Waals surface area contributed by atoms with Crippen molar-refractivity contribution in [3.05, 3.63) is 35.6 Å². The number of hydrogen-bond donors (Lipinski definition) is 3. The van der Waals surface area contributed by atoms with Crippen LogP contribution in [0.1, 0.15) is 36.4 Å². The summed E-state index contributed by atoms with van der Waals surface area (Å²) in [6.45, 7) is 4.66. The van der Waals surface area contributed by atoms with Crippen LogP contribution in [0, 0.1) is 0 Å². The monoisotopic (exact) mass is 277 g/mol.